The molecule has 2 fully saturated rings. The van der Waals surface area contributed by atoms with Crippen molar-refractivity contribution >= 4 is 35.6 Å². The third kappa shape index (κ3) is 5.78. The van der Waals surface area contributed by atoms with E-state index in [-0.39, 0.29) is 48.1 Å². The summed E-state index contributed by atoms with van der Waals surface area (Å²) >= 11 is 1.46. The first kappa shape index (κ1) is 30.4. The quantitative estimate of drug-likeness (QED) is 0.160. The van der Waals surface area contributed by atoms with Gasteiger partial charge in [0.2, 0.25) is 5.91 Å². The van der Waals surface area contributed by atoms with Crippen molar-refractivity contribution in [3.8, 4) is 0 Å². The number of ether oxygens (including phenoxy) is 2. The fourth-order valence-electron chi connectivity index (χ4n) is 6.03. The van der Waals surface area contributed by atoms with E-state index in [0.717, 1.165) is 0 Å². The number of nitrogens with zero attached hydrogens (tertiary/aromatic N) is 4. The van der Waals surface area contributed by atoms with E-state index in [4.69, 9.17) is 15.2 Å². The SMILES string of the molecule is C=CCOC(=O)C1=C(S[C@H]2C[C@@H](CCn3cc[n+](C)c3C(N)=O)N(C(=O)OCC=C)C2)[C@H](C)[C@@H]2[C@@H]([C@@H](C)O)C(=O)N12. The van der Waals surface area contributed by atoms with Crippen molar-refractivity contribution in [3.63, 3.8) is 0 Å². The second kappa shape index (κ2) is 12.5. The molecule has 2 saturated heterocycles. The molecule has 0 spiro atoms. The van der Waals surface area contributed by atoms with E-state index in [1.165, 1.54) is 28.8 Å². The van der Waals surface area contributed by atoms with Crippen LogP contribution in [0.5, 0.6) is 0 Å². The number of esters is 1. The van der Waals surface area contributed by atoms with Gasteiger partial charge in [0.15, 0.2) is 0 Å². The average Bonchev–Trinajstić information content (AvgIpc) is 3.57. The molecule has 3 N–H and O–H groups in total. The molecule has 0 aromatic carbocycles. The van der Waals surface area contributed by atoms with Gasteiger partial charge in [0.05, 0.1) is 31.7 Å². The number of aromatic nitrogens is 2. The number of aliphatic hydroxyl groups excluding tert-OH is 1. The van der Waals surface area contributed by atoms with E-state index in [1.807, 2.05) is 6.92 Å². The lowest BCUT2D eigenvalue weighted by Gasteiger charge is -2.46. The third-order valence-electron chi connectivity index (χ3n) is 7.86. The number of rotatable bonds is 12. The molecule has 222 valence electrons. The molecular weight excluding hydrogens is 550 g/mol. The summed E-state index contributed by atoms with van der Waals surface area (Å²) in [6.07, 6.45) is 6.28. The molecule has 3 amide bonds. The Hall–Kier alpha value is -3.58. The molecule has 0 aliphatic carbocycles. The molecule has 0 radical (unpaired) electrons. The van der Waals surface area contributed by atoms with Crippen LogP contribution in [-0.2, 0) is 32.7 Å². The molecule has 6 atom stereocenters. The first-order valence-corrected chi connectivity index (χ1v) is 14.5. The van der Waals surface area contributed by atoms with Crippen molar-refractivity contribution in [2.75, 3.05) is 19.8 Å². The Morgan fingerprint density at radius 1 is 1.27 bits per heavy atom. The first-order valence-electron chi connectivity index (χ1n) is 13.6. The molecule has 12 nitrogen and oxygen atoms in total. The van der Waals surface area contributed by atoms with Gasteiger partial charge in [-0.3, -0.25) is 9.59 Å². The van der Waals surface area contributed by atoms with Crippen LogP contribution in [0, 0.1) is 11.8 Å². The van der Waals surface area contributed by atoms with Crippen molar-refractivity contribution in [3.05, 3.63) is 54.1 Å². The molecule has 13 heteroatoms. The van der Waals surface area contributed by atoms with Crippen LogP contribution in [0.1, 0.15) is 37.3 Å². The van der Waals surface area contributed by atoms with Gasteiger partial charge >= 0.3 is 23.8 Å². The number of aryl methyl sites for hydroxylation is 2. The smallest absolute Gasteiger partial charge is 0.410 e. The fraction of sp³-hybridized carbons (Fsp3) is 0.536. The number of fused-ring (bicyclic) bond motifs is 1. The number of nitrogens with two attached hydrogens (primary N) is 1. The Morgan fingerprint density at radius 3 is 2.59 bits per heavy atom. The van der Waals surface area contributed by atoms with Crippen molar-refractivity contribution < 1.29 is 38.3 Å². The maximum Gasteiger partial charge on any atom is 0.410 e. The highest BCUT2D eigenvalue weighted by Crippen LogP contribution is 2.52. The standard InChI is InChI=1S/C28H37N5O7S/c1-6-12-39-27(37)22-23(16(3)21-20(17(4)34)26(36)33(21)22)41-19-14-18(32(15-19)28(38)40-13-7-2)8-9-31-11-10-30(5)25(31)24(29)35/h6-7,10-11,16-21,34H,1-2,8-9,12-15H2,3-5H3,(H-,29,35)/p+1/t16-,17-,18-,19+,20-,21-/m1/s1. The van der Waals surface area contributed by atoms with Crippen LogP contribution in [0.25, 0.3) is 0 Å². The van der Waals surface area contributed by atoms with Gasteiger partial charge in [-0.2, -0.15) is 0 Å². The van der Waals surface area contributed by atoms with Gasteiger partial charge in [-0.1, -0.05) is 32.2 Å². The molecule has 3 aliphatic heterocycles. The Bertz CT molecular complexity index is 1270. The van der Waals surface area contributed by atoms with E-state index in [2.05, 4.69) is 13.2 Å². The van der Waals surface area contributed by atoms with Gasteiger partial charge < -0.3 is 30.1 Å². The molecule has 4 heterocycles. The molecule has 1 aromatic heterocycles. The van der Waals surface area contributed by atoms with E-state index in [0.29, 0.717) is 36.7 Å². The molecule has 1 aromatic rings. The number of β-lactam (4-membered cyclic amide) rings is 1. The number of likely N-dealkylation sites (tertiary alicyclic amines) is 1. The number of primary amides is 1. The lowest BCUT2D eigenvalue weighted by Crippen LogP contribution is -2.63. The lowest BCUT2D eigenvalue weighted by atomic mass is 9.79. The van der Waals surface area contributed by atoms with Crippen LogP contribution >= 0.6 is 11.8 Å². The van der Waals surface area contributed by atoms with Crippen molar-refractivity contribution in [2.24, 2.45) is 24.6 Å². The van der Waals surface area contributed by atoms with Gasteiger partial charge in [0.25, 0.3) is 0 Å². The van der Waals surface area contributed by atoms with E-state index < -0.39 is 30.0 Å². The van der Waals surface area contributed by atoms with Gasteiger partial charge in [0, 0.05) is 35.1 Å². The molecule has 41 heavy (non-hydrogen) atoms. The minimum atomic E-state index is -0.854. The largest absolute Gasteiger partial charge is 0.457 e. The van der Waals surface area contributed by atoms with E-state index in [9.17, 15) is 24.3 Å². The van der Waals surface area contributed by atoms with Crippen LogP contribution in [0.3, 0.4) is 0 Å². The lowest BCUT2D eigenvalue weighted by molar-refractivity contribution is -0.673. The predicted octanol–water partition coefficient (Wildman–Crippen LogP) is 1.10. The minimum Gasteiger partial charge on any atom is -0.457 e. The highest BCUT2D eigenvalue weighted by Gasteiger charge is 2.60. The second-order valence-corrected chi connectivity index (χ2v) is 11.9. The maximum atomic E-state index is 13.1. The van der Waals surface area contributed by atoms with Gasteiger partial charge in [-0.15, -0.1) is 11.8 Å². The van der Waals surface area contributed by atoms with Gasteiger partial charge in [-0.05, 0) is 13.3 Å². The Labute approximate surface area is 243 Å². The fourth-order valence-corrected chi connectivity index (χ4v) is 7.59. The Balaban J connectivity index is 1.57. The zero-order valence-corrected chi connectivity index (χ0v) is 24.4. The summed E-state index contributed by atoms with van der Waals surface area (Å²) in [7, 11) is 1.74. The summed E-state index contributed by atoms with van der Waals surface area (Å²) in [5.74, 6) is -1.93. The van der Waals surface area contributed by atoms with Gasteiger partial charge in [0.1, 0.15) is 31.3 Å². The van der Waals surface area contributed by atoms with Crippen molar-refractivity contribution in [2.45, 2.75) is 56.7 Å². The first-order chi connectivity index (χ1) is 19.5. The van der Waals surface area contributed by atoms with Crippen molar-refractivity contribution in [1.29, 1.82) is 0 Å². The third-order valence-corrected chi connectivity index (χ3v) is 9.36. The normalized spacial score (nSPS) is 26.0. The summed E-state index contributed by atoms with van der Waals surface area (Å²) in [6, 6.07) is -0.556. The minimum absolute atomic E-state index is 0.0000572. The number of amides is 3. The molecule has 4 rings (SSSR count). The highest BCUT2D eigenvalue weighted by molar-refractivity contribution is 8.03. The summed E-state index contributed by atoms with van der Waals surface area (Å²) in [5, 5.41) is 10.1. The molecule has 0 unspecified atom stereocenters. The number of carbonyl (C=O) groups excluding carboxylic acids is 4. The highest BCUT2D eigenvalue weighted by atomic mass is 32.2. The molecule has 3 aliphatic rings. The molecular formula is C28H38N5O7S+. The van der Waals surface area contributed by atoms with Crippen LogP contribution in [0.4, 0.5) is 4.79 Å². The maximum absolute atomic E-state index is 13.1. The Kier molecular flexibility index (Phi) is 9.27. The monoisotopic (exact) mass is 588 g/mol. The molecule has 0 saturated carbocycles. The van der Waals surface area contributed by atoms with Crippen LogP contribution in [0.2, 0.25) is 0 Å². The second-order valence-electron chi connectivity index (χ2n) is 10.6. The number of thioether (sulfide) groups is 1. The average molecular weight is 589 g/mol. The van der Waals surface area contributed by atoms with Gasteiger partial charge in [-0.25, -0.2) is 18.7 Å². The Morgan fingerprint density at radius 2 is 1.95 bits per heavy atom. The summed E-state index contributed by atoms with van der Waals surface area (Å²) in [5.41, 5.74) is 5.76. The molecule has 0 bridgehead atoms. The zero-order chi connectivity index (χ0) is 30.0. The number of hydrogen-bond donors (Lipinski definition) is 2. The zero-order valence-electron chi connectivity index (χ0n) is 23.6. The predicted molar refractivity (Wildman–Crippen MR) is 150 cm³/mol. The topological polar surface area (TPSA) is 148 Å². The van der Waals surface area contributed by atoms with Crippen LogP contribution < -0.4 is 10.3 Å². The number of aliphatic hydroxyl groups is 1. The summed E-state index contributed by atoms with van der Waals surface area (Å²) in [4.78, 5) is 54.9. The number of imidazole rings is 1. The van der Waals surface area contributed by atoms with E-state index >= 15 is 0 Å². The summed E-state index contributed by atoms with van der Waals surface area (Å²) < 4.78 is 14.1. The summed E-state index contributed by atoms with van der Waals surface area (Å²) in [6.45, 7) is 11.6. The number of hydrogen-bond acceptors (Lipinski definition) is 8. The van der Waals surface area contributed by atoms with Crippen molar-refractivity contribution in [1.82, 2.24) is 14.4 Å². The number of carbonyl (C=O) groups is 4. The van der Waals surface area contributed by atoms with E-state index in [1.54, 1.807) is 40.4 Å². The van der Waals surface area contributed by atoms with Crippen LogP contribution in [-0.4, -0.2) is 86.5 Å². The van der Waals surface area contributed by atoms with Crippen LogP contribution in [0.15, 0.2) is 48.3 Å².